The van der Waals surface area contributed by atoms with Crippen molar-refractivity contribution in [1.29, 1.82) is 0 Å². The highest BCUT2D eigenvalue weighted by Crippen LogP contribution is 2.26. The number of carbonyl (C=O) groups excluding carboxylic acids is 1. The molecule has 1 aromatic rings. The summed E-state index contributed by atoms with van der Waals surface area (Å²) in [5.74, 6) is 0.206. The Kier molecular flexibility index (Phi) is 6.32. The maximum atomic E-state index is 12.6. The van der Waals surface area contributed by atoms with Crippen molar-refractivity contribution in [2.75, 3.05) is 26.2 Å². The highest BCUT2D eigenvalue weighted by molar-refractivity contribution is 5.94. The lowest BCUT2D eigenvalue weighted by Crippen LogP contribution is -2.53. The quantitative estimate of drug-likeness (QED) is 0.882. The summed E-state index contributed by atoms with van der Waals surface area (Å²) < 4.78 is 0. The van der Waals surface area contributed by atoms with Gasteiger partial charge in [0.25, 0.3) is 5.91 Å². The molecule has 6 heteroatoms. The summed E-state index contributed by atoms with van der Waals surface area (Å²) in [5.41, 5.74) is 3.48. The number of nitrogens with one attached hydrogen (secondary N) is 1. The number of fused-ring (bicyclic) bond motifs is 1. The Balaban J connectivity index is 0.000000960. The summed E-state index contributed by atoms with van der Waals surface area (Å²) in [5, 5.41) is 3.33. The number of carbonyl (C=O) groups is 1. The van der Waals surface area contributed by atoms with Gasteiger partial charge in [-0.1, -0.05) is 12.5 Å². The molecular formula is C17H25Cl2N3O. The molecule has 0 atom stereocenters. The van der Waals surface area contributed by atoms with Gasteiger partial charge in [-0.15, -0.1) is 24.8 Å². The minimum absolute atomic E-state index is 0. The number of hydrogen-bond donors (Lipinski definition) is 1. The molecule has 23 heavy (non-hydrogen) atoms. The Morgan fingerprint density at radius 2 is 1.70 bits per heavy atom. The average molecular weight is 358 g/mol. The van der Waals surface area contributed by atoms with E-state index < -0.39 is 0 Å². The molecule has 1 aliphatic carbocycles. The molecule has 0 bridgehead atoms. The Labute approximate surface area is 150 Å². The second-order valence-corrected chi connectivity index (χ2v) is 6.50. The van der Waals surface area contributed by atoms with Crippen LogP contribution in [-0.2, 0) is 13.1 Å². The third-order valence-corrected chi connectivity index (χ3v) is 5.28. The van der Waals surface area contributed by atoms with Crippen LogP contribution in [0.5, 0.6) is 0 Å². The zero-order valence-electron chi connectivity index (χ0n) is 13.3. The van der Waals surface area contributed by atoms with E-state index in [1.54, 1.807) is 0 Å². The number of amides is 1. The van der Waals surface area contributed by atoms with E-state index in [2.05, 4.69) is 22.3 Å². The number of halogens is 2. The van der Waals surface area contributed by atoms with E-state index in [1.165, 1.54) is 30.4 Å². The average Bonchev–Trinajstić information content (AvgIpc) is 2.93. The molecule has 1 amide bonds. The topological polar surface area (TPSA) is 35.6 Å². The molecule has 0 unspecified atom stereocenters. The summed E-state index contributed by atoms with van der Waals surface area (Å²) in [4.78, 5) is 17.2. The van der Waals surface area contributed by atoms with Gasteiger partial charge in [0.15, 0.2) is 0 Å². The smallest absolute Gasteiger partial charge is 0.253 e. The van der Waals surface area contributed by atoms with Gasteiger partial charge in [0.05, 0.1) is 0 Å². The van der Waals surface area contributed by atoms with Crippen LogP contribution in [0, 0.1) is 0 Å². The SMILES string of the molecule is Cl.Cl.O=C(c1ccc2c(c1)CNC2)N1CCN(C2CCC2)CC1. The normalized spacial score (nSPS) is 21.0. The molecule has 4 nitrogen and oxygen atoms in total. The summed E-state index contributed by atoms with van der Waals surface area (Å²) in [6, 6.07) is 6.98. The second-order valence-electron chi connectivity index (χ2n) is 6.50. The zero-order valence-corrected chi connectivity index (χ0v) is 14.9. The summed E-state index contributed by atoms with van der Waals surface area (Å²) in [6.45, 7) is 5.68. The third-order valence-electron chi connectivity index (χ3n) is 5.28. The largest absolute Gasteiger partial charge is 0.336 e. The van der Waals surface area contributed by atoms with Crippen LogP contribution in [0.15, 0.2) is 18.2 Å². The number of nitrogens with zero attached hydrogens (tertiary/aromatic N) is 2. The van der Waals surface area contributed by atoms with E-state index in [-0.39, 0.29) is 30.7 Å². The summed E-state index contributed by atoms with van der Waals surface area (Å²) >= 11 is 0. The number of benzene rings is 1. The first kappa shape index (κ1) is 18.5. The van der Waals surface area contributed by atoms with E-state index in [0.717, 1.165) is 50.9 Å². The van der Waals surface area contributed by atoms with Gasteiger partial charge in [0.2, 0.25) is 0 Å². The van der Waals surface area contributed by atoms with E-state index in [4.69, 9.17) is 0 Å². The predicted molar refractivity (Wildman–Crippen MR) is 96.6 cm³/mol. The lowest BCUT2D eigenvalue weighted by Gasteiger charge is -2.43. The van der Waals surface area contributed by atoms with Crippen molar-refractivity contribution in [3.63, 3.8) is 0 Å². The van der Waals surface area contributed by atoms with Crippen molar-refractivity contribution in [2.24, 2.45) is 0 Å². The van der Waals surface area contributed by atoms with Crippen molar-refractivity contribution < 1.29 is 4.79 Å². The minimum Gasteiger partial charge on any atom is -0.336 e. The number of piperazine rings is 1. The van der Waals surface area contributed by atoms with Gasteiger partial charge in [-0.25, -0.2) is 0 Å². The van der Waals surface area contributed by atoms with Crippen LogP contribution < -0.4 is 5.32 Å². The molecule has 1 saturated carbocycles. The van der Waals surface area contributed by atoms with Gasteiger partial charge in [0, 0.05) is 50.9 Å². The van der Waals surface area contributed by atoms with Gasteiger partial charge in [-0.05, 0) is 36.1 Å². The second kappa shape index (κ2) is 7.84. The molecule has 128 valence electrons. The van der Waals surface area contributed by atoms with Crippen molar-refractivity contribution >= 4 is 30.7 Å². The Bertz CT molecular complexity index is 555. The predicted octanol–water partition coefficient (Wildman–Crippen LogP) is 2.44. The third kappa shape index (κ3) is 3.66. The first-order chi connectivity index (χ1) is 10.3. The van der Waals surface area contributed by atoms with Crippen LogP contribution in [0.2, 0.25) is 0 Å². The Hall–Kier alpha value is -0.810. The molecule has 0 aromatic heterocycles. The molecule has 3 aliphatic rings. The zero-order chi connectivity index (χ0) is 14.2. The fourth-order valence-electron chi connectivity index (χ4n) is 3.65. The van der Waals surface area contributed by atoms with Crippen LogP contribution >= 0.6 is 24.8 Å². The molecule has 1 aromatic carbocycles. The Morgan fingerprint density at radius 3 is 2.35 bits per heavy atom. The maximum Gasteiger partial charge on any atom is 0.253 e. The van der Waals surface area contributed by atoms with Crippen molar-refractivity contribution in [1.82, 2.24) is 15.1 Å². The van der Waals surface area contributed by atoms with Crippen LogP contribution in [0.4, 0.5) is 0 Å². The lowest BCUT2D eigenvalue weighted by atomic mass is 9.91. The first-order valence-corrected chi connectivity index (χ1v) is 8.17. The van der Waals surface area contributed by atoms with Gasteiger partial charge in [-0.3, -0.25) is 9.69 Å². The highest BCUT2D eigenvalue weighted by Gasteiger charge is 2.29. The van der Waals surface area contributed by atoms with Crippen LogP contribution in [0.25, 0.3) is 0 Å². The molecular weight excluding hydrogens is 333 g/mol. The molecule has 2 aliphatic heterocycles. The van der Waals surface area contributed by atoms with Crippen molar-refractivity contribution in [3.8, 4) is 0 Å². The minimum atomic E-state index is 0. The molecule has 0 radical (unpaired) electrons. The molecule has 2 fully saturated rings. The van der Waals surface area contributed by atoms with Gasteiger partial charge in [0.1, 0.15) is 0 Å². The number of rotatable bonds is 2. The first-order valence-electron chi connectivity index (χ1n) is 8.17. The summed E-state index contributed by atoms with van der Waals surface area (Å²) in [7, 11) is 0. The van der Waals surface area contributed by atoms with E-state index in [9.17, 15) is 4.79 Å². The molecule has 2 heterocycles. The van der Waals surface area contributed by atoms with Crippen LogP contribution in [-0.4, -0.2) is 47.9 Å². The molecule has 0 spiro atoms. The molecule has 1 N–H and O–H groups in total. The fourth-order valence-corrected chi connectivity index (χ4v) is 3.65. The van der Waals surface area contributed by atoms with Crippen molar-refractivity contribution in [3.05, 3.63) is 34.9 Å². The summed E-state index contributed by atoms with van der Waals surface area (Å²) in [6.07, 6.45) is 4.09. The fraction of sp³-hybridized carbons (Fsp3) is 0.588. The van der Waals surface area contributed by atoms with E-state index >= 15 is 0 Å². The lowest BCUT2D eigenvalue weighted by molar-refractivity contribution is 0.0455. The van der Waals surface area contributed by atoms with E-state index in [1.807, 2.05) is 11.0 Å². The van der Waals surface area contributed by atoms with E-state index in [0.29, 0.717) is 0 Å². The Morgan fingerprint density at radius 1 is 1.00 bits per heavy atom. The highest BCUT2D eigenvalue weighted by atomic mass is 35.5. The maximum absolute atomic E-state index is 12.6. The monoisotopic (exact) mass is 357 g/mol. The van der Waals surface area contributed by atoms with Gasteiger partial charge in [-0.2, -0.15) is 0 Å². The molecule has 4 rings (SSSR count). The van der Waals surface area contributed by atoms with Crippen molar-refractivity contribution in [2.45, 2.75) is 38.4 Å². The van der Waals surface area contributed by atoms with Gasteiger partial charge < -0.3 is 10.2 Å². The van der Waals surface area contributed by atoms with Gasteiger partial charge >= 0.3 is 0 Å². The molecule has 1 saturated heterocycles. The van der Waals surface area contributed by atoms with Crippen LogP contribution in [0.1, 0.15) is 40.7 Å². The van der Waals surface area contributed by atoms with Crippen LogP contribution in [0.3, 0.4) is 0 Å². The number of hydrogen-bond acceptors (Lipinski definition) is 3. The standard InChI is InChI=1S/C17H23N3O.2ClH/c21-17(13-4-5-14-11-18-12-15(14)10-13)20-8-6-19(7-9-20)16-2-1-3-16;;/h4-5,10,16,18H,1-3,6-9,11-12H2;2*1H.